The largest absolute Gasteiger partial charge is 0.462 e. The summed E-state index contributed by atoms with van der Waals surface area (Å²) in [7, 11) is 0. The van der Waals surface area contributed by atoms with Crippen LogP contribution in [0.5, 0.6) is 0 Å². The summed E-state index contributed by atoms with van der Waals surface area (Å²) in [6.07, 6.45) is 43.4. The minimum absolute atomic E-state index is 0.127. The molecule has 0 radical (unpaired) electrons. The summed E-state index contributed by atoms with van der Waals surface area (Å²) < 4.78 is 10.5. The number of unbranched alkanes of at least 4 members (excludes halogenated alkanes) is 16. The highest BCUT2D eigenvalue weighted by atomic mass is 16.6. The summed E-state index contributed by atoms with van der Waals surface area (Å²) in [5, 5.41) is 19.7. The molecule has 0 aliphatic heterocycles. The van der Waals surface area contributed by atoms with Gasteiger partial charge in [0.25, 0.3) is 0 Å². The van der Waals surface area contributed by atoms with Crippen LogP contribution in [0.1, 0.15) is 188 Å². The van der Waals surface area contributed by atoms with Crippen molar-refractivity contribution in [1.29, 1.82) is 0 Å². The molecule has 0 aliphatic rings. The maximum atomic E-state index is 12.2. The fourth-order valence-electron chi connectivity index (χ4n) is 5.69. The lowest BCUT2D eigenvalue weighted by molar-refractivity contribution is -0.161. The number of rotatable bonds is 36. The van der Waals surface area contributed by atoms with Crippen LogP contribution in [0.15, 0.2) is 48.6 Å². The van der Waals surface area contributed by atoms with E-state index in [4.69, 9.17) is 9.47 Å². The van der Waals surface area contributed by atoms with Crippen LogP contribution in [0.4, 0.5) is 0 Å². The summed E-state index contributed by atoms with van der Waals surface area (Å²) in [6.45, 7) is 6.33. The van der Waals surface area contributed by atoms with E-state index in [1.807, 2.05) is 18.2 Å². The summed E-state index contributed by atoms with van der Waals surface area (Å²) in [5.41, 5.74) is 0. The highest BCUT2D eigenvalue weighted by Gasteiger charge is 2.16. The molecule has 0 rings (SSSR count). The molecule has 0 aromatic carbocycles. The van der Waals surface area contributed by atoms with Gasteiger partial charge in [-0.15, -0.1) is 0 Å². The number of aliphatic hydroxyl groups excluding tert-OH is 2. The second kappa shape index (κ2) is 38.1. The predicted octanol–water partition coefficient (Wildman–Crippen LogP) is 11.8. The quantitative estimate of drug-likeness (QED) is 0.0292. The Kier molecular flexibility index (Phi) is 36.4. The maximum Gasteiger partial charge on any atom is 0.306 e. The number of hydrogen-bond donors (Lipinski definition) is 2. The molecule has 0 aliphatic carbocycles. The molecule has 50 heavy (non-hydrogen) atoms. The lowest BCUT2D eigenvalue weighted by Gasteiger charge is -2.16. The average molecular weight is 703 g/mol. The van der Waals surface area contributed by atoms with E-state index in [-0.39, 0.29) is 19.0 Å². The van der Waals surface area contributed by atoms with Crippen LogP contribution in [0.2, 0.25) is 0 Å². The van der Waals surface area contributed by atoms with Gasteiger partial charge < -0.3 is 19.7 Å². The fourth-order valence-corrected chi connectivity index (χ4v) is 5.69. The lowest BCUT2D eigenvalue weighted by Crippen LogP contribution is -2.28. The van der Waals surface area contributed by atoms with Gasteiger partial charge in [0.05, 0.1) is 12.7 Å². The molecule has 6 nitrogen and oxygen atoms in total. The number of carbonyl (C=O) groups is 2. The Labute approximate surface area is 308 Å². The van der Waals surface area contributed by atoms with Crippen LogP contribution in [-0.4, -0.2) is 47.6 Å². The third-order valence-electron chi connectivity index (χ3n) is 9.27. The van der Waals surface area contributed by atoms with E-state index < -0.39 is 24.8 Å². The van der Waals surface area contributed by atoms with Gasteiger partial charge in [0.1, 0.15) is 6.61 Å². The number of ether oxygens (including phenoxy) is 2. The summed E-state index contributed by atoms with van der Waals surface area (Å²) in [5.74, 6) is 0.103. The molecule has 0 aromatic heterocycles. The van der Waals surface area contributed by atoms with Gasteiger partial charge in [-0.25, -0.2) is 0 Å². The van der Waals surface area contributed by atoms with Crippen LogP contribution in [0, 0.1) is 5.92 Å². The van der Waals surface area contributed by atoms with E-state index in [0.717, 1.165) is 44.4 Å². The zero-order valence-electron chi connectivity index (χ0n) is 32.7. The van der Waals surface area contributed by atoms with E-state index in [0.29, 0.717) is 19.3 Å². The molecule has 0 saturated heterocycles. The minimum Gasteiger partial charge on any atom is -0.462 e. The van der Waals surface area contributed by atoms with Gasteiger partial charge in [0.15, 0.2) is 6.10 Å². The fraction of sp³-hybridized carbons (Fsp3) is 0.773. The molecule has 6 heteroatoms. The Morgan fingerprint density at radius 2 is 1.18 bits per heavy atom. The Morgan fingerprint density at radius 3 is 1.78 bits per heavy atom. The molecule has 0 fully saturated rings. The van der Waals surface area contributed by atoms with Gasteiger partial charge in [0.2, 0.25) is 0 Å². The highest BCUT2D eigenvalue weighted by Crippen LogP contribution is 2.16. The molecule has 0 bridgehead atoms. The molecular weight excluding hydrogens is 624 g/mol. The molecule has 0 spiro atoms. The van der Waals surface area contributed by atoms with E-state index in [9.17, 15) is 19.8 Å². The normalized spacial score (nSPS) is 13.9. The first-order valence-electron chi connectivity index (χ1n) is 20.7. The summed E-state index contributed by atoms with van der Waals surface area (Å²) >= 11 is 0. The Hall–Kier alpha value is -2.18. The zero-order chi connectivity index (χ0) is 36.8. The minimum atomic E-state index is -0.864. The third-order valence-corrected chi connectivity index (χ3v) is 9.27. The second-order valence-electron chi connectivity index (χ2n) is 14.2. The number of esters is 2. The standard InChI is InChI=1S/C44H78O6/c1-4-6-7-8-9-10-11-14-18-21-24-27-30-34-41(46)35-32-37-44(48)50-42(38-45)39-49-43(47)36-31-28-25-22-19-16-13-12-15-17-20-23-26-29-33-40(3)5-2/h9-10,14,18,24,27,30,34,40-42,45-46H,4-8,11-13,15-17,19-23,25-26,28-29,31-33,35-39H2,1-3H3/b10-9-,18-14-,27-24-,34-30+/t40?,41-,42-/m0/s1. The van der Waals surface area contributed by atoms with Crippen molar-refractivity contribution in [1.82, 2.24) is 0 Å². The van der Waals surface area contributed by atoms with E-state index in [1.54, 1.807) is 6.08 Å². The first-order valence-corrected chi connectivity index (χ1v) is 20.7. The van der Waals surface area contributed by atoms with Crippen molar-refractivity contribution >= 4 is 11.9 Å². The van der Waals surface area contributed by atoms with Crippen molar-refractivity contribution in [2.24, 2.45) is 5.92 Å². The topological polar surface area (TPSA) is 93.1 Å². The molecule has 0 heterocycles. The van der Waals surface area contributed by atoms with Gasteiger partial charge in [0, 0.05) is 12.8 Å². The van der Waals surface area contributed by atoms with Crippen LogP contribution in [0.25, 0.3) is 0 Å². The molecule has 3 atom stereocenters. The first kappa shape index (κ1) is 47.8. The monoisotopic (exact) mass is 703 g/mol. The van der Waals surface area contributed by atoms with Gasteiger partial charge >= 0.3 is 11.9 Å². The van der Waals surface area contributed by atoms with E-state index in [1.165, 1.54) is 103 Å². The van der Waals surface area contributed by atoms with Gasteiger partial charge in [-0.3, -0.25) is 9.59 Å². The molecular formula is C44H78O6. The Bertz CT molecular complexity index is 876. The van der Waals surface area contributed by atoms with Gasteiger partial charge in [-0.2, -0.15) is 0 Å². The molecule has 290 valence electrons. The van der Waals surface area contributed by atoms with Crippen molar-refractivity contribution in [2.45, 2.75) is 200 Å². The number of aliphatic hydroxyl groups is 2. The van der Waals surface area contributed by atoms with Crippen molar-refractivity contribution in [3.8, 4) is 0 Å². The van der Waals surface area contributed by atoms with Crippen molar-refractivity contribution in [3.63, 3.8) is 0 Å². The summed E-state index contributed by atoms with van der Waals surface area (Å²) in [6, 6.07) is 0. The van der Waals surface area contributed by atoms with Crippen LogP contribution in [0.3, 0.4) is 0 Å². The number of allylic oxidation sites excluding steroid dienone is 7. The van der Waals surface area contributed by atoms with E-state index >= 15 is 0 Å². The molecule has 0 amide bonds. The Morgan fingerprint density at radius 1 is 0.620 bits per heavy atom. The van der Waals surface area contributed by atoms with Gasteiger partial charge in [-0.05, 0) is 50.9 Å². The van der Waals surface area contributed by atoms with E-state index in [2.05, 4.69) is 45.1 Å². The zero-order valence-corrected chi connectivity index (χ0v) is 32.7. The molecule has 0 aromatic rings. The SMILES string of the molecule is CCCCC/C=C\C/C=C\C/C=C\C=C\[C@H](O)CCCC(=O)O[C@@H](CO)COC(=O)CCCCCCCCCCCCCCCCC(C)CC. The summed E-state index contributed by atoms with van der Waals surface area (Å²) in [4.78, 5) is 24.3. The molecule has 0 saturated carbocycles. The van der Waals surface area contributed by atoms with Crippen LogP contribution < -0.4 is 0 Å². The second-order valence-corrected chi connectivity index (χ2v) is 14.2. The van der Waals surface area contributed by atoms with Crippen molar-refractivity contribution in [3.05, 3.63) is 48.6 Å². The van der Waals surface area contributed by atoms with Crippen molar-refractivity contribution < 1.29 is 29.3 Å². The number of hydrogen-bond acceptors (Lipinski definition) is 6. The average Bonchev–Trinajstić information content (AvgIpc) is 3.11. The lowest BCUT2D eigenvalue weighted by atomic mass is 9.99. The molecule has 1 unspecified atom stereocenters. The maximum absolute atomic E-state index is 12.2. The van der Waals surface area contributed by atoms with Crippen molar-refractivity contribution in [2.75, 3.05) is 13.2 Å². The smallest absolute Gasteiger partial charge is 0.306 e. The molecule has 2 N–H and O–H groups in total. The first-order chi connectivity index (χ1) is 24.4. The highest BCUT2D eigenvalue weighted by molar-refractivity contribution is 5.70. The number of carbonyl (C=O) groups excluding carboxylic acids is 2. The van der Waals surface area contributed by atoms with Crippen LogP contribution in [-0.2, 0) is 19.1 Å². The predicted molar refractivity (Wildman–Crippen MR) is 211 cm³/mol. The third kappa shape index (κ3) is 35.6. The van der Waals surface area contributed by atoms with Gasteiger partial charge in [-0.1, -0.05) is 179 Å². The Balaban J connectivity index is 3.73. The van der Waals surface area contributed by atoms with Crippen LogP contribution >= 0.6 is 0 Å².